The van der Waals surface area contributed by atoms with Crippen LogP contribution in [-0.2, 0) is 19.1 Å². The second-order valence-corrected chi connectivity index (χ2v) is 9.15. The predicted octanol–water partition coefficient (Wildman–Crippen LogP) is 4.61. The number of hydrogen-bond donors (Lipinski definition) is 1. The maximum Gasteiger partial charge on any atom is 0.355 e. The Balaban J connectivity index is 1.76. The van der Waals surface area contributed by atoms with Crippen molar-refractivity contribution in [2.24, 2.45) is 5.73 Å². The quantitative estimate of drug-likeness (QED) is 0.340. The van der Waals surface area contributed by atoms with Crippen molar-refractivity contribution in [2.45, 2.75) is 12.8 Å². The van der Waals surface area contributed by atoms with E-state index in [2.05, 4.69) is 16.2 Å². The van der Waals surface area contributed by atoms with Crippen LogP contribution in [0.4, 0.5) is 5.69 Å². The molecule has 1 unspecified atom stereocenters. The zero-order chi connectivity index (χ0) is 29.1. The largest absolute Gasteiger partial charge is 0.466 e. The zero-order valence-corrected chi connectivity index (χ0v) is 22.5. The van der Waals surface area contributed by atoms with Crippen LogP contribution in [0.15, 0.2) is 106 Å². The van der Waals surface area contributed by atoms with E-state index in [4.69, 9.17) is 19.7 Å². The van der Waals surface area contributed by atoms with Gasteiger partial charge in [0.15, 0.2) is 0 Å². The molecule has 0 saturated heterocycles. The van der Waals surface area contributed by atoms with Crippen LogP contribution in [0, 0.1) is 18.3 Å². The lowest BCUT2D eigenvalue weighted by Crippen LogP contribution is -2.41. The van der Waals surface area contributed by atoms with Gasteiger partial charge in [0.1, 0.15) is 11.5 Å². The highest BCUT2D eigenvalue weighted by Gasteiger charge is 2.43. The van der Waals surface area contributed by atoms with E-state index in [1.807, 2.05) is 31.2 Å². The Kier molecular flexibility index (Phi) is 7.35. The molecule has 2 N–H and O–H groups in total. The summed E-state index contributed by atoms with van der Waals surface area (Å²) in [6.07, 6.45) is 0. The van der Waals surface area contributed by atoms with Gasteiger partial charge in [-0.1, -0.05) is 71.4 Å². The molecule has 5 rings (SSSR count). The van der Waals surface area contributed by atoms with Crippen molar-refractivity contribution in [3.8, 4) is 28.9 Å². The molecule has 0 radical (unpaired) electrons. The fourth-order valence-electron chi connectivity index (χ4n) is 4.85. The highest BCUT2D eigenvalue weighted by atomic mass is 16.5. The lowest BCUT2D eigenvalue weighted by atomic mass is 9.80. The first kappa shape index (κ1) is 26.9. The lowest BCUT2D eigenvalue weighted by molar-refractivity contribution is -0.139. The van der Waals surface area contributed by atoms with Crippen LogP contribution in [0.5, 0.6) is 0 Å². The first-order chi connectivity index (χ1) is 19.9. The number of nitrogens with zero attached hydrogens (tertiary/aromatic N) is 4. The summed E-state index contributed by atoms with van der Waals surface area (Å²) in [6, 6.07) is 25.4. The van der Waals surface area contributed by atoms with Crippen molar-refractivity contribution in [1.82, 2.24) is 10.1 Å². The number of methoxy groups -OCH3 is 2. The number of carbonyl (C=O) groups is 2. The van der Waals surface area contributed by atoms with Crippen LogP contribution in [-0.4, -0.2) is 36.3 Å². The summed E-state index contributed by atoms with van der Waals surface area (Å²) >= 11 is 0. The predicted molar refractivity (Wildman–Crippen MR) is 149 cm³/mol. The molecule has 1 aliphatic heterocycles. The van der Waals surface area contributed by atoms with E-state index < -0.39 is 17.9 Å². The van der Waals surface area contributed by atoms with Crippen molar-refractivity contribution >= 4 is 17.6 Å². The second kappa shape index (κ2) is 11.2. The summed E-state index contributed by atoms with van der Waals surface area (Å²) in [5.74, 6) is -2.23. The van der Waals surface area contributed by atoms with Gasteiger partial charge in [-0.15, -0.1) is 0 Å². The summed E-state index contributed by atoms with van der Waals surface area (Å²) in [7, 11) is 2.39. The number of aryl methyl sites for hydroxylation is 1. The second-order valence-electron chi connectivity index (χ2n) is 9.15. The van der Waals surface area contributed by atoms with Crippen molar-refractivity contribution in [3.63, 3.8) is 0 Å². The Morgan fingerprint density at radius 1 is 0.976 bits per heavy atom. The molecule has 10 nitrogen and oxygen atoms in total. The monoisotopic (exact) mass is 547 g/mol. The molecular formula is C31H25N5O5. The third kappa shape index (κ3) is 4.81. The van der Waals surface area contributed by atoms with Gasteiger partial charge in [0, 0.05) is 5.56 Å². The number of nitrogens with two attached hydrogens (primary N) is 1. The molecule has 0 aliphatic carbocycles. The van der Waals surface area contributed by atoms with E-state index in [1.54, 1.807) is 54.6 Å². The Morgan fingerprint density at radius 2 is 1.68 bits per heavy atom. The molecule has 204 valence electrons. The minimum absolute atomic E-state index is 0.0463. The molecule has 1 atom stereocenters. The lowest BCUT2D eigenvalue weighted by Gasteiger charge is -2.36. The first-order valence-electron chi connectivity index (χ1n) is 12.5. The number of benzene rings is 3. The molecule has 2 heterocycles. The number of rotatable bonds is 6. The van der Waals surface area contributed by atoms with Crippen molar-refractivity contribution in [2.75, 3.05) is 19.1 Å². The minimum atomic E-state index is -0.984. The molecule has 10 heteroatoms. The van der Waals surface area contributed by atoms with Gasteiger partial charge in [0.05, 0.1) is 48.6 Å². The molecule has 3 aromatic carbocycles. The van der Waals surface area contributed by atoms with Crippen molar-refractivity contribution in [1.29, 1.82) is 5.26 Å². The maximum atomic E-state index is 13.4. The number of carbonyl (C=O) groups excluding carboxylic acids is 2. The number of hydrogen-bond acceptors (Lipinski definition) is 10. The molecule has 0 amide bonds. The Labute approximate surface area is 235 Å². The highest BCUT2D eigenvalue weighted by Crippen LogP contribution is 2.45. The van der Waals surface area contributed by atoms with Crippen LogP contribution < -0.4 is 10.6 Å². The average Bonchev–Trinajstić information content (AvgIpc) is 3.50. The SMILES string of the molecule is COC(=O)C1=C(C(=O)OC)N(c2ccccc2-c2nc(-c3cccc(C)c3)no2)C(N)=C(C#N)C1c1ccccc1. The van der Waals surface area contributed by atoms with E-state index in [-0.39, 0.29) is 28.6 Å². The molecule has 0 bridgehead atoms. The van der Waals surface area contributed by atoms with E-state index in [9.17, 15) is 14.9 Å². The molecule has 4 aromatic rings. The smallest absolute Gasteiger partial charge is 0.355 e. The molecule has 1 aromatic heterocycles. The molecule has 1 aliphatic rings. The van der Waals surface area contributed by atoms with Gasteiger partial charge in [0.25, 0.3) is 5.89 Å². The van der Waals surface area contributed by atoms with E-state index in [1.165, 1.54) is 19.1 Å². The molecule has 0 saturated carbocycles. The normalized spacial score (nSPS) is 15.0. The zero-order valence-electron chi connectivity index (χ0n) is 22.5. The fraction of sp³-hybridized carbons (Fsp3) is 0.129. The topological polar surface area (TPSA) is 145 Å². The van der Waals surface area contributed by atoms with Gasteiger partial charge in [-0.05, 0) is 30.7 Å². The van der Waals surface area contributed by atoms with E-state index in [0.29, 0.717) is 22.6 Å². The van der Waals surface area contributed by atoms with Gasteiger partial charge in [-0.3, -0.25) is 4.90 Å². The Morgan fingerprint density at radius 3 is 2.37 bits per heavy atom. The standard InChI is InChI=1S/C31H25N5O5/c1-18-10-9-13-20(16-18)28-34-29(41-35-28)21-14-7-8-15-23(21)36-26(31(38)40-3)25(30(37)39-2)24(22(17-32)27(36)33)19-11-5-4-6-12-19/h4-16,24H,33H2,1-3H3. The number of anilines is 1. The van der Waals surface area contributed by atoms with Gasteiger partial charge < -0.3 is 19.7 Å². The van der Waals surface area contributed by atoms with Gasteiger partial charge in [-0.2, -0.15) is 10.2 Å². The fourth-order valence-corrected chi connectivity index (χ4v) is 4.85. The molecule has 0 fully saturated rings. The number of para-hydroxylation sites is 1. The molecule has 41 heavy (non-hydrogen) atoms. The summed E-state index contributed by atoms with van der Waals surface area (Å²) < 4.78 is 15.9. The van der Waals surface area contributed by atoms with Crippen LogP contribution in [0.3, 0.4) is 0 Å². The number of nitriles is 1. The Hall–Kier alpha value is -5.69. The highest BCUT2D eigenvalue weighted by molar-refractivity contribution is 6.07. The maximum absolute atomic E-state index is 13.4. The third-order valence-corrected chi connectivity index (χ3v) is 6.69. The Bertz CT molecular complexity index is 1750. The first-order valence-corrected chi connectivity index (χ1v) is 12.5. The van der Waals surface area contributed by atoms with Gasteiger partial charge in [-0.25, -0.2) is 9.59 Å². The van der Waals surface area contributed by atoms with E-state index >= 15 is 0 Å². The average molecular weight is 548 g/mol. The summed E-state index contributed by atoms with van der Waals surface area (Å²) in [4.78, 5) is 32.7. The van der Waals surface area contributed by atoms with Crippen LogP contribution >= 0.6 is 0 Å². The van der Waals surface area contributed by atoms with Crippen molar-refractivity contribution < 1.29 is 23.6 Å². The number of esters is 2. The third-order valence-electron chi connectivity index (χ3n) is 6.69. The van der Waals surface area contributed by atoms with Crippen molar-refractivity contribution in [3.05, 3.63) is 113 Å². The van der Waals surface area contributed by atoms with Gasteiger partial charge >= 0.3 is 11.9 Å². The molecule has 0 spiro atoms. The minimum Gasteiger partial charge on any atom is -0.466 e. The molecular weight excluding hydrogens is 522 g/mol. The van der Waals surface area contributed by atoms with Gasteiger partial charge in [0.2, 0.25) is 5.82 Å². The number of allylic oxidation sites excluding steroid dienone is 1. The summed E-state index contributed by atoms with van der Waals surface area (Å²) in [5, 5.41) is 14.4. The van der Waals surface area contributed by atoms with Crippen LogP contribution in [0.2, 0.25) is 0 Å². The van der Waals surface area contributed by atoms with Crippen LogP contribution in [0.25, 0.3) is 22.8 Å². The summed E-state index contributed by atoms with van der Waals surface area (Å²) in [5.41, 5.74) is 9.49. The van der Waals surface area contributed by atoms with Crippen LogP contribution in [0.1, 0.15) is 17.0 Å². The number of aromatic nitrogens is 2. The number of ether oxygens (including phenoxy) is 2. The van der Waals surface area contributed by atoms with E-state index in [0.717, 1.165) is 11.1 Å². The summed E-state index contributed by atoms with van der Waals surface area (Å²) in [6.45, 7) is 1.96.